The Kier molecular flexibility index (Phi) is 3.62. The van der Waals surface area contributed by atoms with Crippen molar-refractivity contribution in [1.29, 1.82) is 0 Å². The molecule has 0 bridgehead atoms. The van der Waals surface area contributed by atoms with Gasteiger partial charge in [-0.3, -0.25) is 9.69 Å². The van der Waals surface area contributed by atoms with Crippen molar-refractivity contribution < 1.29 is 19.0 Å². The third-order valence-corrected chi connectivity index (χ3v) is 3.18. The molecule has 6 nitrogen and oxygen atoms in total. The Balaban J connectivity index is 2.33. The van der Waals surface area contributed by atoms with Crippen LogP contribution >= 0.6 is 23.4 Å². The van der Waals surface area contributed by atoms with Crippen LogP contribution in [-0.2, 0) is 19.0 Å². The summed E-state index contributed by atoms with van der Waals surface area (Å²) in [5.74, 6) is -1.18. The van der Waals surface area contributed by atoms with Crippen LogP contribution in [-0.4, -0.2) is 49.6 Å². The second-order valence-corrected chi connectivity index (χ2v) is 3.97. The van der Waals surface area contributed by atoms with Crippen LogP contribution in [0.2, 0.25) is 0 Å². The van der Waals surface area contributed by atoms with Gasteiger partial charge in [-0.05, 0) is 11.8 Å². The molecule has 2 heterocycles. The number of halogens is 2. The number of carbonyl (C=O) groups excluding carboxylic acids is 2. The number of carbonyl (C=O) groups is 2. The lowest BCUT2D eigenvalue weighted by atomic mass is 10.00. The van der Waals surface area contributed by atoms with Crippen molar-refractivity contribution in [3.8, 4) is 0 Å². The van der Waals surface area contributed by atoms with Crippen molar-refractivity contribution in [2.45, 2.75) is 12.3 Å². The summed E-state index contributed by atoms with van der Waals surface area (Å²) in [7, 11) is 4.82. The zero-order valence-electron chi connectivity index (χ0n) is 8.48. The van der Waals surface area contributed by atoms with E-state index in [0.717, 1.165) is 4.90 Å². The van der Waals surface area contributed by atoms with Gasteiger partial charge in [0.15, 0.2) is 6.23 Å². The highest BCUT2D eigenvalue weighted by atomic mass is 35.5. The molecule has 0 saturated carbocycles. The van der Waals surface area contributed by atoms with Gasteiger partial charge in [-0.15, -0.1) is 11.6 Å². The molecule has 90 valence electrons. The minimum Gasteiger partial charge on any atom is -0.539 e. The Labute approximate surface area is 108 Å². The van der Waals surface area contributed by atoms with Crippen LogP contribution in [0, 0.1) is 0 Å². The lowest BCUT2D eigenvalue weighted by Gasteiger charge is -2.48. The Hall–Kier alpha value is -0.755. The molecule has 2 aliphatic heterocycles. The number of alkyl halides is 1. The number of ether oxygens (including phenoxy) is 1. The van der Waals surface area contributed by atoms with E-state index in [4.69, 9.17) is 36.2 Å². The smallest absolute Gasteiger partial charge is 0.378 e. The van der Waals surface area contributed by atoms with Crippen LogP contribution in [0.3, 0.4) is 0 Å². The molecule has 1 N–H and O–H groups in total. The van der Waals surface area contributed by atoms with Crippen molar-refractivity contribution in [3.05, 3.63) is 11.3 Å². The van der Waals surface area contributed by atoms with Crippen molar-refractivity contribution >= 4 is 43.3 Å². The minimum atomic E-state index is -0.824. The van der Waals surface area contributed by atoms with Crippen LogP contribution in [0.15, 0.2) is 11.3 Å². The maximum Gasteiger partial charge on any atom is 0.378 e. The molecule has 0 aromatic rings. The van der Waals surface area contributed by atoms with Gasteiger partial charge >= 0.3 is 14.0 Å². The zero-order valence-corrected chi connectivity index (χ0v) is 9.99. The average molecular weight is 277 g/mol. The van der Waals surface area contributed by atoms with Crippen molar-refractivity contribution in [3.63, 3.8) is 0 Å². The summed E-state index contributed by atoms with van der Waals surface area (Å²) < 4.78 is 9.48. The predicted molar refractivity (Wildman–Crippen MR) is 59.0 cm³/mol. The number of nitrogens with zero attached hydrogens (tertiary/aromatic N) is 1. The summed E-state index contributed by atoms with van der Waals surface area (Å²) in [6.45, 7) is 0.122. The first-order valence-corrected chi connectivity index (χ1v) is 5.56. The number of nitrogens with one attached hydrogen (secondary N) is 1. The molecule has 0 unspecified atom stereocenters. The summed E-state index contributed by atoms with van der Waals surface area (Å²) >= 11 is 11.1. The van der Waals surface area contributed by atoms with E-state index in [2.05, 4.69) is 9.49 Å². The normalized spacial score (nSPS) is 27.6. The molecule has 2 atom stereocenters. The summed E-state index contributed by atoms with van der Waals surface area (Å²) in [5.41, 5.74) is 0.478. The Bertz CT molecular complexity index is 403. The highest BCUT2D eigenvalue weighted by Gasteiger charge is 2.54. The third kappa shape index (κ3) is 1.83. The van der Waals surface area contributed by atoms with E-state index in [1.54, 1.807) is 0 Å². The van der Waals surface area contributed by atoms with Gasteiger partial charge in [0.2, 0.25) is 0 Å². The molecule has 1 fully saturated rings. The number of rotatable bonds is 3. The molecule has 1 saturated heterocycles. The maximum absolute atomic E-state index is 11.7. The maximum atomic E-state index is 11.7. The van der Waals surface area contributed by atoms with Crippen LogP contribution < -0.4 is 4.84 Å². The third-order valence-electron chi connectivity index (χ3n) is 2.63. The molecular formula is C8H7BCl2N2O4. The molecule has 17 heavy (non-hydrogen) atoms. The van der Waals surface area contributed by atoms with E-state index in [1.807, 2.05) is 0 Å². The fourth-order valence-corrected chi connectivity index (χ4v) is 2.20. The number of fused-ring (bicyclic) bond motifs is 1. The molecule has 9 heteroatoms. The monoisotopic (exact) mass is 276 g/mol. The molecule has 1 amide bonds. The first-order chi connectivity index (χ1) is 8.15. The Morgan fingerprint density at radius 3 is 2.94 bits per heavy atom. The van der Waals surface area contributed by atoms with E-state index in [9.17, 15) is 9.59 Å². The van der Waals surface area contributed by atoms with Crippen LogP contribution in [0.4, 0.5) is 0 Å². The van der Waals surface area contributed by atoms with Gasteiger partial charge in [-0.25, -0.2) is 9.63 Å². The highest BCUT2D eigenvalue weighted by molar-refractivity contribution is 6.20. The summed E-state index contributed by atoms with van der Waals surface area (Å²) in [6, 6.07) is -0.686. The largest absolute Gasteiger partial charge is 0.539 e. The molecule has 0 aromatic heterocycles. The number of hydrogen-bond acceptors (Lipinski definition) is 5. The Morgan fingerprint density at radius 2 is 2.41 bits per heavy atom. The fraction of sp³-hybridized carbons (Fsp3) is 0.500. The molecule has 2 aliphatic rings. The first-order valence-electron chi connectivity index (χ1n) is 4.65. The quantitative estimate of drug-likeness (QED) is 0.323. The lowest BCUT2D eigenvalue weighted by molar-refractivity contribution is -0.181. The summed E-state index contributed by atoms with van der Waals surface area (Å²) in [4.78, 5) is 26.6. The molecule has 2 rings (SSSR count). The van der Waals surface area contributed by atoms with E-state index in [-0.39, 0.29) is 18.2 Å². The number of amides is 1. The summed E-state index contributed by atoms with van der Waals surface area (Å²) in [5, 5.41) is 0. The standard InChI is InChI=1S/C8H7BCl2N2O4/c9-17-8(15)5-3(1-10)2-16-7-4(12-11)6(14)13(5)7/h4,7,12H,1-2H2/t4-,7-/m1/s1. The van der Waals surface area contributed by atoms with E-state index in [0.29, 0.717) is 5.57 Å². The molecule has 0 aliphatic carbocycles. The van der Waals surface area contributed by atoms with Gasteiger partial charge in [0.05, 0.1) is 6.61 Å². The van der Waals surface area contributed by atoms with Crippen molar-refractivity contribution in [2.24, 2.45) is 0 Å². The number of β-lactam (4-membered cyclic amide) rings is 1. The van der Waals surface area contributed by atoms with Gasteiger partial charge in [-0.2, -0.15) is 0 Å². The second kappa shape index (κ2) is 4.85. The molecular weight excluding hydrogens is 270 g/mol. The first kappa shape index (κ1) is 12.7. The number of hydrogen-bond donors (Lipinski definition) is 1. The van der Waals surface area contributed by atoms with Crippen molar-refractivity contribution in [2.75, 3.05) is 12.5 Å². The van der Waals surface area contributed by atoms with Gasteiger partial charge < -0.3 is 9.39 Å². The fourth-order valence-electron chi connectivity index (χ4n) is 1.80. The SMILES string of the molecule is [B]OC(=O)C1=C(CCl)CO[C@@H]2[C@H](NCl)C(=O)N12. The van der Waals surface area contributed by atoms with Crippen LogP contribution in [0.25, 0.3) is 0 Å². The van der Waals surface area contributed by atoms with Gasteiger partial charge in [0, 0.05) is 11.5 Å². The minimum absolute atomic E-state index is 0.0342. The lowest BCUT2D eigenvalue weighted by Crippen LogP contribution is -2.71. The van der Waals surface area contributed by atoms with E-state index in [1.165, 1.54) is 0 Å². The zero-order chi connectivity index (χ0) is 12.6. The van der Waals surface area contributed by atoms with Crippen LogP contribution in [0.1, 0.15) is 0 Å². The van der Waals surface area contributed by atoms with Gasteiger partial charge in [0.25, 0.3) is 5.91 Å². The molecule has 0 aromatic carbocycles. The predicted octanol–water partition coefficient (Wildman–Crippen LogP) is -0.584. The van der Waals surface area contributed by atoms with Gasteiger partial charge in [0.1, 0.15) is 11.7 Å². The van der Waals surface area contributed by atoms with Crippen LogP contribution in [0.5, 0.6) is 0 Å². The van der Waals surface area contributed by atoms with Crippen molar-refractivity contribution in [1.82, 2.24) is 9.74 Å². The molecule has 2 radical (unpaired) electrons. The van der Waals surface area contributed by atoms with Gasteiger partial charge in [-0.1, -0.05) is 0 Å². The summed E-state index contributed by atoms with van der Waals surface area (Å²) in [6.07, 6.45) is -0.638. The van der Waals surface area contributed by atoms with E-state index < -0.39 is 24.1 Å². The Morgan fingerprint density at radius 1 is 1.71 bits per heavy atom. The highest BCUT2D eigenvalue weighted by Crippen LogP contribution is 2.33. The van der Waals surface area contributed by atoms with E-state index >= 15 is 0 Å². The topological polar surface area (TPSA) is 67.9 Å². The molecule has 0 spiro atoms. The average Bonchev–Trinajstić information content (AvgIpc) is 2.36. The second-order valence-electron chi connectivity index (χ2n) is 3.49.